The van der Waals surface area contributed by atoms with Crippen molar-refractivity contribution in [3.8, 4) is 0 Å². The highest BCUT2D eigenvalue weighted by Gasteiger charge is 2.39. The van der Waals surface area contributed by atoms with Crippen LogP contribution in [0.2, 0.25) is 5.02 Å². The Labute approximate surface area is 235 Å². The number of rotatable bonds is 11. The second-order valence-electron chi connectivity index (χ2n) is 9.39. The van der Waals surface area contributed by atoms with Crippen LogP contribution in [0.5, 0.6) is 0 Å². The minimum atomic E-state index is -0.810. The standard InChI is InChI=1S/C27H30ClN5O7/c28-21-13-19(4-3-17(21)8-11-39-9-1-10-40-26(29)37)31-27(38)30-14-16-2-5-20-18(12-16)15-33(25(20)36)22-6-7-23(34)32-24(22)35/h2-5,12-13,22H,1,6-11,14-15H2,(H2,29,37)(H2,30,31,38)(H,32,34,35). The van der Waals surface area contributed by atoms with Crippen LogP contribution in [0.1, 0.15) is 46.3 Å². The van der Waals surface area contributed by atoms with Gasteiger partial charge in [-0.3, -0.25) is 19.7 Å². The van der Waals surface area contributed by atoms with Gasteiger partial charge in [-0.05, 0) is 47.7 Å². The molecule has 1 fully saturated rings. The van der Waals surface area contributed by atoms with Crippen LogP contribution in [0.15, 0.2) is 36.4 Å². The van der Waals surface area contributed by atoms with Crippen LogP contribution in [0, 0.1) is 0 Å². The predicted octanol–water partition coefficient (Wildman–Crippen LogP) is 2.47. The van der Waals surface area contributed by atoms with Gasteiger partial charge in [-0.25, -0.2) is 9.59 Å². The molecule has 6 amide bonds. The molecule has 1 unspecified atom stereocenters. The van der Waals surface area contributed by atoms with Crippen LogP contribution < -0.4 is 21.7 Å². The summed E-state index contributed by atoms with van der Waals surface area (Å²) >= 11 is 6.36. The van der Waals surface area contributed by atoms with Gasteiger partial charge in [0.2, 0.25) is 11.8 Å². The summed E-state index contributed by atoms with van der Waals surface area (Å²) in [5.41, 5.74) is 8.34. The molecule has 40 heavy (non-hydrogen) atoms. The minimum absolute atomic E-state index is 0.195. The van der Waals surface area contributed by atoms with E-state index in [-0.39, 0.29) is 37.9 Å². The number of anilines is 1. The number of ether oxygens (including phenoxy) is 2. The molecule has 5 N–H and O–H groups in total. The third kappa shape index (κ3) is 7.48. The molecule has 0 bridgehead atoms. The third-order valence-electron chi connectivity index (χ3n) is 6.55. The molecule has 2 aromatic rings. The zero-order valence-electron chi connectivity index (χ0n) is 21.7. The number of benzene rings is 2. The van der Waals surface area contributed by atoms with Gasteiger partial charge in [0.15, 0.2) is 0 Å². The molecule has 0 spiro atoms. The molecule has 0 aromatic heterocycles. The van der Waals surface area contributed by atoms with Crippen molar-refractivity contribution < 1.29 is 33.4 Å². The number of carbonyl (C=O) groups excluding carboxylic acids is 5. The lowest BCUT2D eigenvalue weighted by atomic mass is 10.0. The fourth-order valence-corrected chi connectivity index (χ4v) is 4.82. The summed E-state index contributed by atoms with van der Waals surface area (Å²) in [6.07, 6.45) is 0.797. The average Bonchev–Trinajstić information content (AvgIpc) is 3.23. The molecular weight excluding hydrogens is 542 g/mol. The first-order valence-corrected chi connectivity index (χ1v) is 13.2. The van der Waals surface area contributed by atoms with Crippen LogP contribution in [-0.2, 0) is 38.6 Å². The number of nitrogens with one attached hydrogen (secondary N) is 3. The SMILES string of the molecule is NC(=O)OCCCOCCc1ccc(NC(=O)NCc2ccc3c(c2)CN(C2CCC(=O)NC2=O)C3=O)cc1Cl. The van der Waals surface area contributed by atoms with Crippen LogP contribution in [0.4, 0.5) is 15.3 Å². The number of fused-ring (bicyclic) bond motifs is 1. The summed E-state index contributed by atoms with van der Waals surface area (Å²) in [7, 11) is 0. The van der Waals surface area contributed by atoms with Gasteiger partial charge in [-0.2, -0.15) is 0 Å². The highest BCUT2D eigenvalue weighted by Crippen LogP contribution is 2.28. The molecule has 12 nitrogen and oxygen atoms in total. The highest BCUT2D eigenvalue weighted by atomic mass is 35.5. The molecule has 212 valence electrons. The van der Waals surface area contributed by atoms with E-state index in [2.05, 4.69) is 20.7 Å². The number of primary amides is 1. The van der Waals surface area contributed by atoms with E-state index < -0.39 is 24.1 Å². The normalized spacial score (nSPS) is 16.4. The minimum Gasteiger partial charge on any atom is -0.450 e. The average molecular weight is 572 g/mol. The van der Waals surface area contributed by atoms with E-state index >= 15 is 0 Å². The number of carbonyl (C=O) groups is 5. The van der Waals surface area contributed by atoms with Crippen LogP contribution >= 0.6 is 11.6 Å². The van der Waals surface area contributed by atoms with Gasteiger partial charge in [0, 0.05) is 48.8 Å². The first-order valence-electron chi connectivity index (χ1n) is 12.8. The third-order valence-corrected chi connectivity index (χ3v) is 6.90. The summed E-state index contributed by atoms with van der Waals surface area (Å²) in [5, 5.41) is 8.31. The molecule has 1 saturated heterocycles. The van der Waals surface area contributed by atoms with E-state index in [1.165, 1.54) is 4.90 Å². The number of nitrogens with two attached hydrogens (primary N) is 1. The molecule has 2 heterocycles. The number of amides is 6. The fourth-order valence-electron chi connectivity index (χ4n) is 4.54. The molecular formula is C27H30ClN5O7. The quantitative estimate of drug-likeness (QED) is 0.237. The Bertz CT molecular complexity index is 1320. The largest absolute Gasteiger partial charge is 0.450 e. The first kappa shape index (κ1) is 28.8. The highest BCUT2D eigenvalue weighted by molar-refractivity contribution is 6.31. The zero-order valence-corrected chi connectivity index (χ0v) is 22.4. The maximum absolute atomic E-state index is 12.8. The van der Waals surface area contributed by atoms with E-state index in [0.29, 0.717) is 48.7 Å². The topological polar surface area (TPSA) is 169 Å². The summed E-state index contributed by atoms with van der Waals surface area (Å²) in [5.74, 6) is -1.03. The van der Waals surface area contributed by atoms with E-state index in [4.69, 9.17) is 22.1 Å². The number of hydrogen-bond acceptors (Lipinski definition) is 7. The lowest BCUT2D eigenvalue weighted by molar-refractivity contribution is -0.136. The summed E-state index contributed by atoms with van der Waals surface area (Å²) in [4.78, 5) is 61.0. The van der Waals surface area contributed by atoms with Crippen molar-refractivity contribution in [1.29, 1.82) is 0 Å². The van der Waals surface area contributed by atoms with E-state index in [0.717, 1.165) is 16.7 Å². The number of imide groups is 1. The zero-order chi connectivity index (χ0) is 28.6. The smallest absolute Gasteiger partial charge is 0.404 e. The number of hydrogen-bond donors (Lipinski definition) is 4. The second-order valence-corrected chi connectivity index (χ2v) is 9.80. The van der Waals surface area contributed by atoms with Crippen LogP contribution in [0.3, 0.4) is 0 Å². The van der Waals surface area contributed by atoms with Gasteiger partial charge in [-0.1, -0.05) is 29.8 Å². The molecule has 1 atom stereocenters. The van der Waals surface area contributed by atoms with Crippen molar-refractivity contribution >= 4 is 47.1 Å². The predicted molar refractivity (Wildman–Crippen MR) is 144 cm³/mol. The van der Waals surface area contributed by atoms with Gasteiger partial charge < -0.3 is 30.7 Å². The second kappa shape index (κ2) is 13.3. The molecule has 0 radical (unpaired) electrons. The Balaban J connectivity index is 1.22. The number of urea groups is 1. The van der Waals surface area contributed by atoms with Crippen LogP contribution in [-0.4, -0.2) is 60.6 Å². The number of halogens is 1. The Hall–Kier alpha value is -4.16. The van der Waals surface area contributed by atoms with Crippen molar-refractivity contribution in [2.45, 2.75) is 44.8 Å². The van der Waals surface area contributed by atoms with Gasteiger partial charge in [-0.15, -0.1) is 0 Å². The van der Waals surface area contributed by atoms with E-state index in [1.807, 2.05) is 12.1 Å². The lowest BCUT2D eigenvalue weighted by Gasteiger charge is -2.29. The summed E-state index contributed by atoms with van der Waals surface area (Å²) in [6.45, 7) is 1.54. The lowest BCUT2D eigenvalue weighted by Crippen LogP contribution is -2.52. The molecule has 4 rings (SSSR count). The van der Waals surface area contributed by atoms with Crippen molar-refractivity contribution in [3.63, 3.8) is 0 Å². The molecule has 2 aliphatic rings. The Morgan fingerprint density at radius 1 is 1.10 bits per heavy atom. The van der Waals surface area contributed by atoms with Gasteiger partial charge in [0.05, 0.1) is 13.2 Å². The Morgan fingerprint density at radius 3 is 2.67 bits per heavy atom. The van der Waals surface area contributed by atoms with E-state index in [9.17, 15) is 24.0 Å². The maximum Gasteiger partial charge on any atom is 0.404 e. The number of nitrogens with zero attached hydrogens (tertiary/aromatic N) is 1. The molecule has 0 aliphatic carbocycles. The monoisotopic (exact) mass is 571 g/mol. The number of piperidine rings is 1. The van der Waals surface area contributed by atoms with Crippen molar-refractivity contribution in [2.24, 2.45) is 5.73 Å². The fraction of sp³-hybridized carbons (Fsp3) is 0.370. The Kier molecular flexibility index (Phi) is 9.56. The Morgan fingerprint density at radius 2 is 1.93 bits per heavy atom. The van der Waals surface area contributed by atoms with E-state index in [1.54, 1.807) is 24.3 Å². The van der Waals surface area contributed by atoms with Crippen LogP contribution in [0.25, 0.3) is 0 Å². The van der Waals surface area contributed by atoms with Crippen molar-refractivity contribution in [3.05, 3.63) is 63.7 Å². The van der Waals surface area contributed by atoms with Gasteiger partial charge in [0.25, 0.3) is 5.91 Å². The molecule has 0 saturated carbocycles. The first-order chi connectivity index (χ1) is 19.2. The van der Waals surface area contributed by atoms with Crippen molar-refractivity contribution in [1.82, 2.24) is 15.5 Å². The molecule has 2 aromatic carbocycles. The summed E-state index contributed by atoms with van der Waals surface area (Å²) in [6, 6.07) is 9.38. The van der Waals surface area contributed by atoms with Crippen molar-refractivity contribution in [2.75, 3.05) is 25.1 Å². The molecule has 13 heteroatoms. The summed E-state index contributed by atoms with van der Waals surface area (Å²) < 4.78 is 10.1. The van der Waals surface area contributed by atoms with Gasteiger partial charge >= 0.3 is 12.1 Å². The maximum atomic E-state index is 12.8. The van der Waals surface area contributed by atoms with Gasteiger partial charge in [0.1, 0.15) is 6.04 Å². The molecule has 2 aliphatic heterocycles.